The summed E-state index contributed by atoms with van der Waals surface area (Å²) in [6.07, 6.45) is 4.62. The molecule has 0 amide bonds. The van der Waals surface area contributed by atoms with E-state index < -0.39 is 11.1 Å². The maximum Gasteiger partial charge on any atom is 0.321 e. The van der Waals surface area contributed by atoms with Crippen molar-refractivity contribution in [1.82, 2.24) is 9.13 Å². The van der Waals surface area contributed by atoms with Crippen LogP contribution in [0.1, 0.15) is 33.4 Å². The van der Waals surface area contributed by atoms with Crippen molar-refractivity contribution in [3.05, 3.63) is 203 Å². The quantitative estimate of drug-likeness (QED) is 0.168. The van der Waals surface area contributed by atoms with E-state index in [1.165, 1.54) is 77.4 Å². The van der Waals surface area contributed by atoms with Crippen molar-refractivity contribution in [2.45, 2.75) is 11.1 Å². The van der Waals surface area contributed by atoms with Crippen molar-refractivity contribution in [2.24, 2.45) is 0 Å². The first-order chi connectivity index (χ1) is 26.3. The van der Waals surface area contributed by atoms with E-state index >= 15 is 0 Å². The molecule has 6 aromatic carbocycles. The highest BCUT2D eigenvalue weighted by atomic mass is 16.5. The van der Waals surface area contributed by atoms with Crippen LogP contribution < -0.4 is 13.9 Å². The van der Waals surface area contributed by atoms with Gasteiger partial charge in [-0.15, -0.1) is 0 Å². The van der Waals surface area contributed by atoms with Crippen molar-refractivity contribution in [1.29, 1.82) is 0 Å². The van der Waals surface area contributed by atoms with E-state index in [0.717, 1.165) is 22.7 Å². The summed E-state index contributed by atoms with van der Waals surface area (Å²) in [5, 5.41) is 4.96. The van der Waals surface area contributed by atoms with Gasteiger partial charge in [0.25, 0.3) is 11.5 Å². The Hall–Kier alpha value is -6.98. The average Bonchev–Trinajstić information content (AvgIpc) is 3.75. The molecule has 0 fully saturated rings. The SMILES string of the molecule is c1ccc(C2(c3ccccc3)c3ccc[n+]4c3-n3c5c2cccc5c2ccc5c(c23)C42c3c(cccc3-n3c4ccccc4c4ccc[n+]2c43)O5)cc1. The molecule has 1 unspecified atom stereocenters. The Morgan fingerprint density at radius 1 is 0.453 bits per heavy atom. The summed E-state index contributed by atoms with van der Waals surface area (Å²) in [6.45, 7) is 0. The van der Waals surface area contributed by atoms with Gasteiger partial charge in [-0.2, -0.15) is 18.3 Å². The van der Waals surface area contributed by atoms with E-state index in [2.05, 4.69) is 188 Å². The van der Waals surface area contributed by atoms with E-state index in [0.29, 0.717) is 0 Å². The van der Waals surface area contributed by atoms with Crippen LogP contribution in [0, 0.1) is 0 Å². The first-order valence-electron chi connectivity index (χ1n) is 18.4. The van der Waals surface area contributed by atoms with E-state index in [-0.39, 0.29) is 0 Å². The van der Waals surface area contributed by atoms with Gasteiger partial charge in [-0.05, 0) is 77.9 Å². The van der Waals surface area contributed by atoms with Crippen LogP contribution in [0.25, 0.3) is 55.2 Å². The largest absolute Gasteiger partial charge is 0.456 e. The zero-order chi connectivity index (χ0) is 34.2. The highest BCUT2D eigenvalue weighted by Crippen LogP contribution is 2.60. The number of nitrogens with zero attached hydrogens (tertiary/aromatic N) is 4. The number of hydrogen-bond acceptors (Lipinski definition) is 1. The van der Waals surface area contributed by atoms with Gasteiger partial charge < -0.3 is 4.74 Å². The van der Waals surface area contributed by atoms with Crippen molar-refractivity contribution in [3.63, 3.8) is 0 Å². The first kappa shape index (κ1) is 26.8. The van der Waals surface area contributed by atoms with Gasteiger partial charge in [0.15, 0.2) is 5.52 Å². The lowest BCUT2D eigenvalue weighted by atomic mass is 9.63. The van der Waals surface area contributed by atoms with Crippen molar-refractivity contribution in [2.75, 3.05) is 0 Å². The van der Waals surface area contributed by atoms with Gasteiger partial charge in [0, 0.05) is 21.7 Å². The molecule has 1 spiro atoms. The Morgan fingerprint density at radius 3 is 1.96 bits per heavy atom. The Balaban J connectivity index is 1.30. The Morgan fingerprint density at radius 2 is 1.11 bits per heavy atom. The fourth-order valence-electron chi connectivity index (χ4n) is 11.1. The van der Waals surface area contributed by atoms with Crippen LogP contribution in [0.4, 0.5) is 0 Å². The highest BCUT2D eigenvalue weighted by molar-refractivity contribution is 6.14. The molecule has 10 aromatic rings. The molecule has 0 saturated carbocycles. The average molecular weight is 677 g/mol. The number of ether oxygens (including phenoxy) is 1. The van der Waals surface area contributed by atoms with Crippen LogP contribution in [-0.4, -0.2) is 9.13 Å². The monoisotopic (exact) mass is 676 g/mol. The summed E-state index contributed by atoms with van der Waals surface area (Å²) < 4.78 is 17.2. The zero-order valence-electron chi connectivity index (χ0n) is 28.4. The third kappa shape index (κ3) is 2.66. The fourth-order valence-corrected chi connectivity index (χ4v) is 11.1. The van der Waals surface area contributed by atoms with Gasteiger partial charge >= 0.3 is 5.66 Å². The molecule has 5 heteroatoms. The van der Waals surface area contributed by atoms with Gasteiger partial charge in [0.05, 0.1) is 28.8 Å². The minimum atomic E-state index is -0.796. The summed E-state index contributed by atoms with van der Waals surface area (Å²) in [5.41, 5.74) is 11.9. The topological polar surface area (TPSA) is 26.8 Å². The summed E-state index contributed by atoms with van der Waals surface area (Å²) in [7, 11) is 0. The van der Waals surface area contributed by atoms with Crippen molar-refractivity contribution >= 4 is 43.7 Å². The third-order valence-electron chi connectivity index (χ3n) is 12.8. The predicted octanol–water partition coefficient (Wildman–Crippen LogP) is 9.18. The zero-order valence-corrected chi connectivity index (χ0v) is 28.4. The second-order valence-corrected chi connectivity index (χ2v) is 14.9. The van der Waals surface area contributed by atoms with Gasteiger partial charge in [0.2, 0.25) is 0 Å². The number of rotatable bonds is 2. The summed E-state index contributed by atoms with van der Waals surface area (Å²) >= 11 is 0. The van der Waals surface area contributed by atoms with Crippen LogP contribution in [0.15, 0.2) is 170 Å². The minimum absolute atomic E-state index is 0.588. The van der Waals surface area contributed by atoms with Crippen LogP contribution in [0.2, 0.25) is 0 Å². The van der Waals surface area contributed by atoms with Gasteiger partial charge in [0.1, 0.15) is 39.3 Å². The highest BCUT2D eigenvalue weighted by Gasteiger charge is 2.66. The van der Waals surface area contributed by atoms with Gasteiger partial charge in [-0.25, -0.2) is 0 Å². The lowest BCUT2D eigenvalue weighted by Gasteiger charge is -2.44. The molecule has 1 atom stereocenters. The summed E-state index contributed by atoms with van der Waals surface area (Å²) in [6, 6.07) is 58.3. The number of benzene rings is 6. The van der Waals surface area contributed by atoms with Gasteiger partial charge in [-0.3, -0.25) is 0 Å². The normalized spacial score (nSPS) is 17.4. The molecule has 0 bridgehead atoms. The first-order valence-corrected chi connectivity index (χ1v) is 18.4. The molecule has 4 aliphatic heterocycles. The van der Waals surface area contributed by atoms with Gasteiger partial charge in [-0.1, -0.05) is 91.0 Å². The second-order valence-electron chi connectivity index (χ2n) is 14.9. The van der Waals surface area contributed by atoms with Crippen LogP contribution >= 0.6 is 0 Å². The number of pyridine rings is 2. The fraction of sp³-hybridized carbons (Fsp3) is 0.0417. The van der Waals surface area contributed by atoms with Crippen LogP contribution in [-0.2, 0) is 11.1 Å². The molecule has 0 aliphatic carbocycles. The molecule has 0 radical (unpaired) electrons. The van der Waals surface area contributed by atoms with Crippen molar-refractivity contribution < 1.29 is 13.9 Å². The maximum absolute atomic E-state index is 7.07. The number of hydrogen-bond donors (Lipinski definition) is 0. The minimum Gasteiger partial charge on any atom is -0.456 e. The molecule has 5 nitrogen and oxygen atoms in total. The standard InChI is InChI=1S/C48H28N4O/c1-3-13-29(14-4-1)47(30-15-5-2-6-16-30)35-20-9-18-32-33-25-26-40-42-44(33)52(43(32)35)46-36(47)21-12-28-50(46)48(42)41-38(23-10-24-39(41)53-40)51-37-22-8-7-17-31(37)34-19-11-27-49(48)45(34)51/h1-28H/q+2. The number of para-hydroxylation sites is 2. The molecule has 4 aromatic heterocycles. The van der Waals surface area contributed by atoms with E-state index in [9.17, 15) is 0 Å². The second kappa shape index (κ2) is 8.72. The van der Waals surface area contributed by atoms with Crippen LogP contribution in [0.3, 0.4) is 0 Å². The molecule has 4 aliphatic rings. The molecular formula is C48H28N4O+2. The summed E-state index contributed by atoms with van der Waals surface area (Å²) in [5.74, 6) is 2.95. The molecular weight excluding hydrogens is 649 g/mol. The number of aromatic nitrogens is 4. The van der Waals surface area contributed by atoms with Crippen LogP contribution in [0.5, 0.6) is 11.5 Å². The molecule has 14 rings (SSSR count). The van der Waals surface area contributed by atoms with E-state index in [1.807, 2.05) is 0 Å². The predicted molar refractivity (Wildman–Crippen MR) is 205 cm³/mol. The van der Waals surface area contributed by atoms with E-state index in [4.69, 9.17) is 4.74 Å². The molecule has 53 heavy (non-hydrogen) atoms. The number of fused-ring (bicyclic) bond motifs is 5. The Bertz CT molecular complexity index is 3280. The molecule has 244 valence electrons. The summed E-state index contributed by atoms with van der Waals surface area (Å²) in [4.78, 5) is 0. The smallest absolute Gasteiger partial charge is 0.321 e. The van der Waals surface area contributed by atoms with Crippen molar-refractivity contribution in [3.8, 4) is 23.0 Å². The lowest BCUT2D eigenvalue weighted by Crippen LogP contribution is -2.79. The Labute approximate surface area is 303 Å². The molecule has 8 heterocycles. The lowest BCUT2D eigenvalue weighted by molar-refractivity contribution is -0.961. The van der Waals surface area contributed by atoms with E-state index in [1.54, 1.807) is 0 Å². The molecule has 0 N–H and O–H groups in total. The molecule has 0 saturated heterocycles. The Kier molecular flexibility index (Phi) is 4.41. The third-order valence-corrected chi connectivity index (χ3v) is 12.8. The maximum atomic E-state index is 7.07.